The zero-order valence-electron chi connectivity index (χ0n) is 9.95. The number of hydrogen-bond donors (Lipinski definition) is 3. The molecule has 0 radical (unpaired) electrons. The summed E-state index contributed by atoms with van der Waals surface area (Å²) in [7, 11) is 0. The first-order valence-electron chi connectivity index (χ1n) is 5.37. The number of carbonyl (C=O) groups excluding carboxylic acids is 1. The van der Waals surface area contributed by atoms with Crippen LogP contribution in [-0.4, -0.2) is 11.9 Å². The lowest BCUT2D eigenvalue weighted by Gasteiger charge is -2.20. The van der Waals surface area contributed by atoms with Gasteiger partial charge in [-0.15, -0.1) is 0 Å². The standard InChI is InChI=1S/C12H19N3O/c1-7(2)8(3)15-11-6-9(13)4-5-10(11)12(14)16/h4-8,15H,13H2,1-3H3,(H2,14,16). The van der Waals surface area contributed by atoms with E-state index in [0.29, 0.717) is 22.9 Å². The number of rotatable bonds is 4. The maximum absolute atomic E-state index is 11.2. The topological polar surface area (TPSA) is 81.1 Å². The van der Waals surface area contributed by atoms with Crippen LogP contribution in [0.1, 0.15) is 31.1 Å². The maximum Gasteiger partial charge on any atom is 0.250 e. The summed E-state index contributed by atoms with van der Waals surface area (Å²) >= 11 is 0. The van der Waals surface area contributed by atoms with Crippen molar-refractivity contribution in [3.8, 4) is 0 Å². The minimum absolute atomic E-state index is 0.250. The van der Waals surface area contributed by atoms with Gasteiger partial charge < -0.3 is 16.8 Å². The minimum atomic E-state index is -0.446. The summed E-state index contributed by atoms with van der Waals surface area (Å²) in [6, 6.07) is 5.30. The molecule has 5 N–H and O–H groups in total. The molecule has 1 aromatic rings. The molecule has 1 aromatic carbocycles. The normalized spacial score (nSPS) is 12.5. The van der Waals surface area contributed by atoms with Crippen LogP contribution in [0, 0.1) is 5.92 Å². The molecular formula is C12H19N3O. The van der Waals surface area contributed by atoms with Gasteiger partial charge in [0.15, 0.2) is 0 Å². The molecule has 1 rings (SSSR count). The van der Waals surface area contributed by atoms with E-state index in [9.17, 15) is 4.79 Å². The molecule has 0 aliphatic carbocycles. The quantitative estimate of drug-likeness (QED) is 0.678. The Morgan fingerprint density at radius 3 is 2.44 bits per heavy atom. The second kappa shape index (κ2) is 4.88. The van der Waals surface area contributed by atoms with E-state index in [1.807, 2.05) is 0 Å². The molecule has 0 aliphatic heterocycles. The molecule has 0 spiro atoms. The van der Waals surface area contributed by atoms with Crippen molar-refractivity contribution in [3.63, 3.8) is 0 Å². The fraction of sp³-hybridized carbons (Fsp3) is 0.417. The number of primary amides is 1. The third-order valence-corrected chi connectivity index (χ3v) is 2.69. The highest BCUT2D eigenvalue weighted by Gasteiger charge is 2.12. The number of amides is 1. The van der Waals surface area contributed by atoms with Gasteiger partial charge in [0.25, 0.3) is 5.91 Å². The molecule has 0 saturated carbocycles. The number of hydrogen-bond acceptors (Lipinski definition) is 3. The molecule has 0 aliphatic rings. The van der Waals surface area contributed by atoms with Gasteiger partial charge in [-0.05, 0) is 31.0 Å². The van der Waals surface area contributed by atoms with E-state index in [2.05, 4.69) is 26.1 Å². The Labute approximate surface area is 96.0 Å². The summed E-state index contributed by atoms with van der Waals surface area (Å²) < 4.78 is 0. The molecule has 16 heavy (non-hydrogen) atoms. The highest BCUT2D eigenvalue weighted by atomic mass is 16.1. The average Bonchev–Trinajstić information content (AvgIpc) is 2.16. The van der Waals surface area contributed by atoms with Crippen LogP contribution in [0.4, 0.5) is 11.4 Å². The fourth-order valence-corrected chi connectivity index (χ4v) is 1.31. The van der Waals surface area contributed by atoms with E-state index in [1.165, 1.54) is 0 Å². The van der Waals surface area contributed by atoms with Gasteiger partial charge in [-0.2, -0.15) is 0 Å². The zero-order chi connectivity index (χ0) is 12.3. The lowest BCUT2D eigenvalue weighted by molar-refractivity contribution is 0.100. The van der Waals surface area contributed by atoms with Crippen LogP contribution < -0.4 is 16.8 Å². The lowest BCUT2D eigenvalue weighted by atomic mass is 10.0. The summed E-state index contributed by atoms with van der Waals surface area (Å²) in [4.78, 5) is 11.2. The molecule has 0 heterocycles. The lowest BCUT2D eigenvalue weighted by Crippen LogP contribution is -2.24. The first-order chi connectivity index (χ1) is 7.41. The molecule has 0 saturated heterocycles. The average molecular weight is 221 g/mol. The van der Waals surface area contributed by atoms with Crippen molar-refractivity contribution in [2.75, 3.05) is 11.1 Å². The largest absolute Gasteiger partial charge is 0.399 e. The minimum Gasteiger partial charge on any atom is -0.399 e. The molecule has 1 unspecified atom stereocenters. The second-order valence-electron chi connectivity index (χ2n) is 4.35. The number of benzene rings is 1. The molecule has 4 nitrogen and oxygen atoms in total. The van der Waals surface area contributed by atoms with Crippen molar-refractivity contribution in [2.24, 2.45) is 11.7 Å². The van der Waals surface area contributed by atoms with Crippen LogP contribution in [0.5, 0.6) is 0 Å². The number of anilines is 2. The summed E-state index contributed by atoms with van der Waals surface area (Å²) in [5.41, 5.74) is 12.8. The Hall–Kier alpha value is -1.71. The smallest absolute Gasteiger partial charge is 0.250 e. The molecule has 0 bridgehead atoms. The number of nitrogens with two attached hydrogens (primary N) is 2. The third-order valence-electron chi connectivity index (χ3n) is 2.69. The summed E-state index contributed by atoms with van der Waals surface area (Å²) in [6.45, 7) is 6.26. The zero-order valence-corrected chi connectivity index (χ0v) is 9.95. The van der Waals surface area contributed by atoms with E-state index in [0.717, 1.165) is 0 Å². The Morgan fingerprint density at radius 2 is 1.94 bits per heavy atom. The van der Waals surface area contributed by atoms with Crippen molar-refractivity contribution >= 4 is 17.3 Å². The van der Waals surface area contributed by atoms with Gasteiger partial charge in [0.05, 0.1) is 5.56 Å². The van der Waals surface area contributed by atoms with E-state index in [4.69, 9.17) is 11.5 Å². The molecule has 0 fully saturated rings. The highest BCUT2D eigenvalue weighted by molar-refractivity contribution is 5.99. The van der Waals surface area contributed by atoms with E-state index in [1.54, 1.807) is 18.2 Å². The van der Waals surface area contributed by atoms with E-state index >= 15 is 0 Å². The van der Waals surface area contributed by atoms with Crippen LogP contribution in [-0.2, 0) is 0 Å². The molecule has 1 atom stereocenters. The number of carbonyl (C=O) groups is 1. The third kappa shape index (κ3) is 2.89. The van der Waals surface area contributed by atoms with E-state index in [-0.39, 0.29) is 6.04 Å². The fourth-order valence-electron chi connectivity index (χ4n) is 1.31. The molecular weight excluding hydrogens is 202 g/mol. The van der Waals surface area contributed by atoms with Gasteiger partial charge in [0.1, 0.15) is 0 Å². The van der Waals surface area contributed by atoms with Crippen LogP contribution >= 0.6 is 0 Å². The monoisotopic (exact) mass is 221 g/mol. The van der Waals surface area contributed by atoms with Crippen LogP contribution in [0.2, 0.25) is 0 Å². The van der Waals surface area contributed by atoms with Crippen molar-refractivity contribution < 1.29 is 4.79 Å². The summed E-state index contributed by atoms with van der Waals surface area (Å²) in [5, 5.41) is 3.25. The SMILES string of the molecule is CC(C)C(C)Nc1cc(N)ccc1C(N)=O. The Morgan fingerprint density at radius 1 is 1.31 bits per heavy atom. The van der Waals surface area contributed by atoms with Gasteiger partial charge in [0.2, 0.25) is 0 Å². The molecule has 1 amide bonds. The van der Waals surface area contributed by atoms with Crippen molar-refractivity contribution in [1.82, 2.24) is 0 Å². The summed E-state index contributed by atoms with van der Waals surface area (Å²) in [6.07, 6.45) is 0. The van der Waals surface area contributed by atoms with Gasteiger partial charge in [0, 0.05) is 17.4 Å². The predicted molar refractivity (Wildman–Crippen MR) is 67.3 cm³/mol. The Balaban J connectivity index is 3.01. The second-order valence-corrected chi connectivity index (χ2v) is 4.35. The number of nitrogen functional groups attached to an aromatic ring is 1. The predicted octanol–water partition coefficient (Wildman–Crippen LogP) is 1.82. The van der Waals surface area contributed by atoms with Gasteiger partial charge in [-0.3, -0.25) is 4.79 Å². The van der Waals surface area contributed by atoms with Crippen molar-refractivity contribution in [3.05, 3.63) is 23.8 Å². The van der Waals surface area contributed by atoms with Crippen molar-refractivity contribution in [1.29, 1.82) is 0 Å². The van der Waals surface area contributed by atoms with Crippen LogP contribution in [0.3, 0.4) is 0 Å². The Kier molecular flexibility index (Phi) is 3.77. The molecule has 88 valence electrons. The van der Waals surface area contributed by atoms with Crippen LogP contribution in [0.25, 0.3) is 0 Å². The Bertz CT molecular complexity index is 388. The molecule has 4 heteroatoms. The first kappa shape index (κ1) is 12.4. The summed E-state index contributed by atoms with van der Waals surface area (Å²) in [5.74, 6) is 0.0145. The first-order valence-corrected chi connectivity index (χ1v) is 5.37. The van der Waals surface area contributed by atoms with Crippen molar-refractivity contribution in [2.45, 2.75) is 26.8 Å². The maximum atomic E-state index is 11.2. The molecule has 0 aromatic heterocycles. The van der Waals surface area contributed by atoms with Gasteiger partial charge >= 0.3 is 0 Å². The van der Waals surface area contributed by atoms with Gasteiger partial charge in [-0.1, -0.05) is 13.8 Å². The van der Waals surface area contributed by atoms with E-state index < -0.39 is 5.91 Å². The van der Waals surface area contributed by atoms with Gasteiger partial charge in [-0.25, -0.2) is 0 Å². The number of nitrogens with one attached hydrogen (secondary N) is 1. The highest BCUT2D eigenvalue weighted by Crippen LogP contribution is 2.21. The van der Waals surface area contributed by atoms with Crippen LogP contribution in [0.15, 0.2) is 18.2 Å².